The molecule has 96 valence electrons. The topological polar surface area (TPSA) is 81.9 Å². The SMILES string of the molecule is CCc1nnnn1CCNC(=O)OC(C)(C)C. The lowest BCUT2D eigenvalue weighted by Crippen LogP contribution is -2.34. The van der Waals surface area contributed by atoms with Crippen LogP contribution in [0.4, 0.5) is 4.79 Å². The van der Waals surface area contributed by atoms with Crippen molar-refractivity contribution in [3.63, 3.8) is 0 Å². The van der Waals surface area contributed by atoms with Crippen molar-refractivity contribution in [1.82, 2.24) is 25.5 Å². The standard InChI is InChI=1S/C10H19N5O2/c1-5-8-12-13-14-15(8)7-6-11-9(16)17-10(2,3)4/h5-7H2,1-4H3,(H,11,16). The molecule has 0 fully saturated rings. The minimum absolute atomic E-state index is 0.427. The highest BCUT2D eigenvalue weighted by molar-refractivity contribution is 5.67. The third-order valence-electron chi connectivity index (χ3n) is 1.91. The molecule has 0 aromatic carbocycles. The first kappa shape index (κ1) is 13.4. The van der Waals surface area contributed by atoms with Crippen LogP contribution >= 0.6 is 0 Å². The smallest absolute Gasteiger partial charge is 0.407 e. The number of carbonyl (C=O) groups excluding carboxylic acids is 1. The van der Waals surface area contributed by atoms with Crippen LogP contribution in [0.25, 0.3) is 0 Å². The van der Waals surface area contributed by atoms with Crippen LogP contribution in [0.15, 0.2) is 0 Å². The normalized spacial score (nSPS) is 11.3. The number of carbonyl (C=O) groups is 1. The van der Waals surface area contributed by atoms with Gasteiger partial charge >= 0.3 is 6.09 Å². The largest absolute Gasteiger partial charge is 0.444 e. The molecule has 7 nitrogen and oxygen atoms in total. The van der Waals surface area contributed by atoms with Gasteiger partial charge in [-0.05, 0) is 31.2 Å². The van der Waals surface area contributed by atoms with E-state index >= 15 is 0 Å². The van der Waals surface area contributed by atoms with E-state index in [1.165, 1.54) is 0 Å². The number of amides is 1. The second kappa shape index (κ2) is 5.60. The number of aromatic nitrogens is 4. The monoisotopic (exact) mass is 241 g/mol. The van der Waals surface area contributed by atoms with E-state index in [0.717, 1.165) is 12.2 Å². The lowest BCUT2D eigenvalue weighted by Gasteiger charge is -2.19. The van der Waals surface area contributed by atoms with E-state index in [4.69, 9.17) is 4.74 Å². The van der Waals surface area contributed by atoms with E-state index in [2.05, 4.69) is 20.8 Å². The Hall–Kier alpha value is -1.66. The minimum atomic E-state index is -0.479. The maximum Gasteiger partial charge on any atom is 0.407 e. The molecule has 7 heteroatoms. The minimum Gasteiger partial charge on any atom is -0.444 e. The van der Waals surface area contributed by atoms with Crippen molar-refractivity contribution in [3.8, 4) is 0 Å². The maximum absolute atomic E-state index is 11.3. The molecule has 0 aliphatic carbocycles. The van der Waals surface area contributed by atoms with Gasteiger partial charge in [-0.25, -0.2) is 9.48 Å². The highest BCUT2D eigenvalue weighted by Crippen LogP contribution is 2.06. The first-order chi connectivity index (χ1) is 7.92. The van der Waals surface area contributed by atoms with Crippen molar-refractivity contribution in [2.24, 2.45) is 0 Å². The van der Waals surface area contributed by atoms with Crippen LogP contribution in [-0.2, 0) is 17.7 Å². The highest BCUT2D eigenvalue weighted by Gasteiger charge is 2.15. The molecule has 1 aromatic heterocycles. The summed E-state index contributed by atoms with van der Waals surface area (Å²) < 4.78 is 6.77. The van der Waals surface area contributed by atoms with Crippen LogP contribution in [0.2, 0.25) is 0 Å². The maximum atomic E-state index is 11.3. The summed E-state index contributed by atoms with van der Waals surface area (Å²) in [6.45, 7) is 8.42. The van der Waals surface area contributed by atoms with E-state index in [-0.39, 0.29) is 0 Å². The summed E-state index contributed by atoms with van der Waals surface area (Å²) in [4.78, 5) is 11.3. The van der Waals surface area contributed by atoms with Gasteiger partial charge in [0, 0.05) is 13.0 Å². The average molecular weight is 241 g/mol. The summed E-state index contributed by atoms with van der Waals surface area (Å²) in [5, 5.41) is 13.9. The molecule has 0 bridgehead atoms. The summed E-state index contributed by atoms with van der Waals surface area (Å²) >= 11 is 0. The number of tetrazole rings is 1. The van der Waals surface area contributed by atoms with Gasteiger partial charge in [0.2, 0.25) is 0 Å². The van der Waals surface area contributed by atoms with Crippen molar-refractivity contribution >= 4 is 6.09 Å². The molecule has 17 heavy (non-hydrogen) atoms. The molecule has 0 saturated carbocycles. The molecule has 0 radical (unpaired) electrons. The summed E-state index contributed by atoms with van der Waals surface area (Å²) in [5.41, 5.74) is -0.479. The molecule has 1 heterocycles. The molecular formula is C10H19N5O2. The average Bonchev–Trinajstić information content (AvgIpc) is 2.62. The van der Waals surface area contributed by atoms with Gasteiger partial charge in [0.15, 0.2) is 5.82 Å². The molecule has 0 aliphatic heterocycles. The van der Waals surface area contributed by atoms with Gasteiger partial charge in [-0.1, -0.05) is 6.92 Å². The third kappa shape index (κ3) is 4.80. The Labute approximate surface area is 101 Å². The van der Waals surface area contributed by atoms with Crippen molar-refractivity contribution in [2.75, 3.05) is 6.54 Å². The van der Waals surface area contributed by atoms with Crippen LogP contribution in [0.1, 0.15) is 33.5 Å². The molecule has 1 rings (SSSR count). The Kier molecular flexibility index (Phi) is 4.42. The quantitative estimate of drug-likeness (QED) is 0.841. The van der Waals surface area contributed by atoms with E-state index in [0.29, 0.717) is 13.1 Å². The van der Waals surface area contributed by atoms with Crippen molar-refractivity contribution < 1.29 is 9.53 Å². The van der Waals surface area contributed by atoms with Crippen LogP contribution in [-0.4, -0.2) is 38.4 Å². The van der Waals surface area contributed by atoms with E-state index in [1.54, 1.807) is 4.68 Å². The first-order valence-corrected chi connectivity index (χ1v) is 5.64. The Bertz CT molecular complexity index is 369. The number of rotatable bonds is 4. The fraction of sp³-hybridized carbons (Fsp3) is 0.800. The molecule has 0 unspecified atom stereocenters. The zero-order valence-electron chi connectivity index (χ0n) is 10.7. The van der Waals surface area contributed by atoms with Gasteiger partial charge in [-0.3, -0.25) is 0 Å². The zero-order chi connectivity index (χ0) is 12.9. The van der Waals surface area contributed by atoms with Crippen molar-refractivity contribution in [2.45, 2.75) is 46.3 Å². The fourth-order valence-corrected chi connectivity index (χ4v) is 1.23. The summed E-state index contributed by atoms with van der Waals surface area (Å²) in [6, 6.07) is 0. The summed E-state index contributed by atoms with van der Waals surface area (Å²) in [7, 11) is 0. The van der Waals surface area contributed by atoms with Crippen LogP contribution in [0.5, 0.6) is 0 Å². The fourth-order valence-electron chi connectivity index (χ4n) is 1.23. The molecular weight excluding hydrogens is 222 g/mol. The lowest BCUT2D eigenvalue weighted by atomic mass is 10.2. The molecule has 0 atom stereocenters. The van der Waals surface area contributed by atoms with Crippen LogP contribution in [0.3, 0.4) is 0 Å². The third-order valence-corrected chi connectivity index (χ3v) is 1.91. The Morgan fingerprint density at radius 1 is 1.47 bits per heavy atom. The predicted octanol–water partition coefficient (Wildman–Crippen LogP) is 0.760. The number of hydrogen-bond acceptors (Lipinski definition) is 5. The Balaban J connectivity index is 2.31. The van der Waals surface area contributed by atoms with Crippen molar-refractivity contribution in [1.29, 1.82) is 0 Å². The molecule has 1 N–H and O–H groups in total. The number of hydrogen-bond donors (Lipinski definition) is 1. The van der Waals surface area contributed by atoms with E-state index < -0.39 is 11.7 Å². The molecule has 0 spiro atoms. The van der Waals surface area contributed by atoms with Gasteiger partial charge in [0.1, 0.15) is 5.60 Å². The first-order valence-electron chi connectivity index (χ1n) is 5.64. The second-order valence-corrected chi connectivity index (χ2v) is 4.60. The van der Waals surface area contributed by atoms with Crippen molar-refractivity contribution in [3.05, 3.63) is 5.82 Å². The van der Waals surface area contributed by atoms with Gasteiger partial charge < -0.3 is 10.1 Å². The number of nitrogens with zero attached hydrogens (tertiary/aromatic N) is 4. The molecule has 1 aromatic rings. The molecule has 0 saturated heterocycles. The van der Waals surface area contributed by atoms with Crippen LogP contribution < -0.4 is 5.32 Å². The summed E-state index contributed by atoms with van der Waals surface area (Å²) in [5.74, 6) is 0.802. The highest BCUT2D eigenvalue weighted by atomic mass is 16.6. The van der Waals surface area contributed by atoms with E-state index in [1.807, 2.05) is 27.7 Å². The zero-order valence-corrected chi connectivity index (χ0v) is 10.7. The molecule has 0 aliphatic rings. The van der Waals surface area contributed by atoms with Gasteiger partial charge in [0.05, 0.1) is 6.54 Å². The Morgan fingerprint density at radius 3 is 2.76 bits per heavy atom. The van der Waals surface area contributed by atoms with Crippen LogP contribution in [0, 0.1) is 0 Å². The lowest BCUT2D eigenvalue weighted by molar-refractivity contribution is 0.0525. The van der Waals surface area contributed by atoms with Gasteiger partial charge in [-0.2, -0.15) is 0 Å². The van der Waals surface area contributed by atoms with Gasteiger partial charge in [0.25, 0.3) is 0 Å². The molecule has 1 amide bonds. The predicted molar refractivity (Wildman–Crippen MR) is 61.4 cm³/mol. The Morgan fingerprint density at radius 2 is 2.18 bits per heavy atom. The summed E-state index contributed by atoms with van der Waals surface area (Å²) in [6.07, 6.45) is 0.336. The number of nitrogens with one attached hydrogen (secondary N) is 1. The number of ether oxygens (including phenoxy) is 1. The second-order valence-electron chi connectivity index (χ2n) is 4.60. The van der Waals surface area contributed by atoms with E-state index in [9.17, 15) is 4.79 Å². The van der Waals surface area contributed by atoms with Gasteiger partial charge in [-0.15, -0.1) is 5.10 Å². The number of alkyl carbamates (subject to hydrolysis) is 1. The number of aryl methyl sites for hydroxylation is 1.